The Morgan fingerprint density at radius 3 is 2.78 bits per heavy atom. The summed E-state index contributed by atoms with van der Waals surface area (Å²) < 4.78 is 13.7. The van der Waals surface area contributed by atoms with Crippen LogP contribution >= 0.6 is 38.5 Å². The third-order valence-electron chi connectivity index (χ3n) is 0.763. The predicted octanol–water partition coefficient (Wildman–Crippen LogP) is 2.59. The Hall–Kier alpha value is 0.290. The number of pyridine rings is 1. The second-order valence-corrected chi connectivity index (χ2v) is 3.53. The first-order chi connectivity index (χ1) is 4.20. The van der Waals surface area contributed by atoms with E-state index in [1.54, 1.807) is 6.07 Å². The average molecular weight is 302 g/mol. The van der Waals surface area contributed by atoms with E-state index < -0.39 is 5.95 Å². The third-order valence-corrected chi connectivity index (χ3v) is 1.91. The highest BCUT2D eigenvalue weighted by atomic mass is 127. The SMILES string of the molecule is Fc1ncc(I)cc1Br. The van der Waals surface area contributed by atoms with Gasteiger partial charge in [-0.3, -0.25) is 0 Å². The molecular formula is C5H2BrFIN. The van der Waals surface area contributed by atoms with Crippen molar-refractivity contribution in [2.45, 2.75) is 0 Å². The molecule has 0 N–H and O–H groups in total. The lowest BCUT2D eigenvalue weighted by Crippen LogP contribution is -1.83. The molecule has 1 heterocycles. The van der Waals surface area contributed by atoms with E-state index in [1.165, 1.54) is 6.20 Å². The van der Waals surface area contributed by atoms with Crippen LogP contribution in [0.25, 0.3) is 0 Å². The highest BCUT2D eigenvalue weighted by molar-refractivity contribution is 14.1. The van der Waals surface area contributed by atoms with E-state index in [9.17, 15) is 4.39 Å². The van der Waals surface area contributed by atoms with Gasteiger partial charge >= 0.3 is 0 Å². The molecule has 1 aromatic heterocycles. The van der Waals surface area contributed by atoms with Crippen LogP contribution in [-0.2, 0) is 0 Å². The zero-order valence-electron chi connectivity index (χ0n) is 4.24. The number of halogens is 3. The smallest absolute Gasteiger partial charge is 0.226 e. The van der Waals surface area contributed by atoms with E-state index in [2.05, 4.69) is 43.5 Å². The summed E-state index contributed by atoms with van der Waals surface area (Å²) in [5, 5.41) is 0. The molecule has 0 spiro atoms. The first-order valence-corrected chi connectivity index (χ1v) is 4.04. The zero-order valence-corrected chi connectivity index (χ0v) is 7.98. The van der Waals surface area contributed by atoms with Crippen molar-refractivity contribution in [3.63, 3.8) is 0 Å². The highest BCUT2D eigenvalue weighted by Gasteiger charge is 1.97. The Kier molecular flexibility index (Phi) is 2.40. The van der Waals surface area contributed by atoms with Gasteiger partial charge in [0.1, 0.15) is 0 Å². The van der Waals surface area contributed by atoms with Crippen LogP contribution in [0.2, 0.25) is 0 Å². The van der Waals surface area contributed by atoms with Crippen LogP contribution in [0.4, 0.5) is 4.39 Å². The van der Waals surface area contributed by atoms with Crippen LogP contribution in [0.5, 0.6) is 0 Å². The molecule has 0 saturated carbocycles. The number of aromatic nitrogens is 1. The third kappa shape index (κ3) is 1.86. The fourth-order valence-electron chi connectivity index (χ4n) is 0.398. The maximum atomic E-state index is 12.3. The van der Waals surface area contributed by atoms with Crippen molar-refractivity contribution in [2.75, 3.05) is 0 Å². The van der Waals surface area contributed by atoms with Gasteiger partial charge in [-0.15, -0.1) is 0 Å². The Labute approximate surface area is 73.9 Å². The van der Waals surface area contributed by atoms with E-state index in [0.717, 1.165) is 3.57 Å². The molecule has 1 rings (SSSR count). The van der Waals surface area contributed by atoms with Gasteiger partial charge in [-0.05, 0) is 44.6 Å². The van der Waals surface area contributed by atoms with E-state index in [4.69, 9.17) is 0 Å². The Bertz CT molecular complexity index is 228. The van der Waals surface area contributed by atoms with Gasteiger partial charge in [-0.25, -0.2) is 4.98 Å². The second kappa shape index (κ2) is 2.92. The lowest BCUT2D eigenvalue weighted by atomic mass is 10.5. The molecule has 0 bridgehead atoms. The molecule has 0 amide bonds. The molecule has 0 aliphatic heterocycles. The van der Waals surface area contributed by atoms with Gasteiger partial charge in [-0.2, -0.15) is 4.39 Å². The molecule has 4 heteroatoms. The molecule has 0 aliphatic carbocycles. The number of nitrogens with zero attached hydrogens (tertiary/aromatic N) is 1. The van der Waals surface area contributed by atoms with Crippen LogP contribution in [-0.4, -0.2) is 4.98 Å². The average Bonchev–Trinajstić information content (AvgIpc) is 1.80. The molecular weight excluding hydrogens is 300 g/mol. The summed E-state index contributed by atoms with van der Waals surface area (Å²) in [5.41, 5.74) is 0. The van der Waals surface area contributed by atoms with Gasteiger partial charge in [0.15, 0.2) is 0 Å². The summed E-state index contributed by atoms with van der Waals surface area (Å²) in [7, 11) is 0. The number of hydrogen-bond acceptors (Lipinski definition) is 1. The summed E-state index contributed by atoms with van der Waals surface area (Å²) in [6.07, 6.45) is 1.47. The molecule has 0 radical (unpaired) electrons. The van der Waals surface area contributed by atoms with Crippen molar-refractivity contribution < 1.29 is 4.39 Å². The molecule has 0 atom stereocenters. The summed E-state index contributed by atoms with van der Waals surface area (Å²) in [4.78, 5) is 3.46. The summed E-state index contributed by atoms with van der Waals surface area (Å²) in [6.45, 7) is 0. The van der Waals surface area contributed by atoms with Crippen molar-refractivity contribution >= 4 is 38.5 Å². The van der Waals surface area contributed by atoms with Crippen LogP contribution in [0.15, 0.2) is 16.7 Å². The molecule has 0 aliphatic rings. The lowest BCUT2D eigenvalue weighted by Gasteiger charge is -1.91. The highest BCUT2D eigenvalue weighted by Crippen LogP contribution is 2.14. The minimum absolute atomic E-state index is 0.411. The normalized spacial score (nSPS) is 9.67. The van der Waals surface area contributed by atoms with Gasteiger partial charge in [0.2, 0.25) is 5.95 Å². The van der Waals surface area contributed by atoms with Crippen molar-refractivity contribution in [2.24, 2.45) is 0 Å². The summed E-state index contributed by atoms with van der Waals surface area (Å²) >= 11 is 5.07. The van der Waals surface area contributed by atoms with E-state index in [-0.39, 0.29) is 0 Å². The van der Waals surface area contributed by atoms with Gasteiger partial charge in [0.05, 0.1) is 4.47 Å². The molecule has 0 fully saturated rings. The Morgan fingerprint density at radius 1 is 1.67 bits per heavy atom. The maximum Gasteiger partial charge on any atom is 0.227 e. The van der Waals surface area contributed by atoms with Gasteiger partial charge < -0.3 is 0 Å². The minimum Gasteiger partial charge on any atom is -0.226 e. The molecule has 48 valence electrons. The number of hydrogen-bond donors (Lipinski definition) is 0. The quantitative estimate of drug-likeness (QED) is 0.530. The number of rotatable bonds is 0. The summed E-state index contributed by atoms with van der Waals surface area (Å²) in [6, 6.07) is 1.67. The molecule has 9 heavy (non-hydrogen) atoms. The zero-order chi connectivity index (χ0) is 6.85. The standard InChI is InChI=1S/C5H2BrFIN/c6-4-1-3(8)2-9-5(4)7/h1-2H. The summed E-state index contributed by atoms with van der Waals surface area (Å²) in [5.74, 6) is -0.463. The Morgan fingerprint density at radius 2 is 2.33 bits per heavy atom. The lowest BCUT2D eigenvalue weighted by molar-refractivity contribution is 0.576. The largest absolute Gasteiger partial charge is 0.227 e. The fourth-order valence-corrected chi connectivity index (χ4v) is 1.63. The van der Waals surface area contributed by atoms with Crippen molar-refractivity contribution in [3.05, 3.63) is 26.3 Å². The molecule has 0 aromatic carbocycles. The van der Waals surface area contributed by atoms with Crippen LogP contribution < -0.4 is 0 Å². The molecule has 0 unspecified atom stereocenters. The van der Waals surface area contributed by atoms with Crippen molar-refractivity contribution in [3.8, 4) is 0 Å². The van der Waals surface area contributed by atoms with Gasteiger partial charge in [0.25, 0.3) is 0 Å². The van der Waals surface area contributed by atoms with Gasteiger partial charge in [-0.1, -0.05) is 0 Å². The predicted molar refractivity (Wildman–Crippen MR) is 44.6 cm³/mol. The topological polar surface area (TPSA) is 12.9 Å². The van der Waals surface area contributed by atoms with Crippen molar-refractivity contribution in [1.82, 2.24) is 4.98 Å². The monoisotopic (exact) mass is 301 g/mol. The molecule has 0 saturated heterocycles. The van der Waals surface area contributed by atoms with E-state index >= 15 is 0 Å². The Balaban J connectivity index is 3.17. The van der Waals surface area contributed by atoms with Crippen molar-refractivity contribution in [1.29, 1.82) is 0 Å². The first-order valence-electron chi connectivity index (χ1n) is 2.16. The molecule has 1 nitrogen and oxygen atoms in total. The van der Waals surface area contributed by atoms with E-state index in [1.807, 2.05) is 0 Å². The molecule has 1 aromatic rings. The van der Waals surface area contributed by atoms with E-state index in [0.29, 0.717) is 4.47 Å². The van der Waals surface area contributed by atoms with Crippen LogP contribution in [0.3, 0.4) is 0 Å². The first kappa shape index (κ1) is 7.40. The van der Waals surface area contributed by atoms with Gasteiger partial charge in [0, 0.05) is 9.77 Å². The van der Waals surface area contributed by atoms with Crippen LogP contribution in [0, 0.1) is 9.52 Å². The fraction of sp³-hybridized carbons (Fsp3) is 0. The second-order valence-electron chi connectivity index (χ2n) is 1.43. The minimum atomic E-state index is -0.463. The maximum absolute atomic E-state index is 12.3. The van der Waals surface area contributed by atoms with Crippen LogP contribution in [0.1, 0.15) is 0 Å².